The molecule has 1 fully saturated rings. The Labute approximate surface area is 136 Å². The first-order chi connectivity index (χ1) is 10.8. The number of rotatable bonds is 1. The van der Waals surface area contributed by atoms with Crippen LogP contribution in [-0.4, -0.2) is 32.2 Å². The molecule has 1 unspecified atom stereocenters. The van der Waals surface area contributed by atoms with Crippen molar-refractivity contribution in [3.8, 4) is 11.1 Å². The predicted octanol–water partition coefficient (Wildman–Crippen LogP) is 3.60. The Morgan fingerprint density at radius 2 is 1.82 bits per heavy atom. The number of hydrogen-bond acceptors (Lipinski definition) is 3. The summed E-state index contributed by atoms with van der Waals surface area (Å²) in [5.74, 6) is 0. The van der Waals surface area contributed by atoms with Gasteiger partial charge >= 0.3 is 0 Å². The Bertz CT molecular complexity index is 669. The van der Waals surface area contributed by atoms with Crippen molar-refractivity contribution in [2.75, 3.05) is 36.4 Å². The molecule has 3 nitrogen and oxygen atoms in total. The highest BCUT2D eigenvalue weighted by Crippen LogP contribution is 2.35. The van der Waals surface area contributed by atoms with Crippen LogP contribution in [0.1, 0.15) is 6.42 Å². The van der Waals surface area contributed by atoms with Gasteiger partial charge in [-0.15, -0.1) is 0 Å². The quantitative estimate of drug-likeness (QED) is 0.842. The van der Waals surface area contributed by atoms with E-state index < -0.39 is 0 Å². The molecule has 2 aromatic rings. The van der Waals surface area contributed by atoms with Gasteiger partial charge < -0.3 is 15.5 Å². The molecule has 0 aliphatic carbocycles. The van der Waals surface area contributed by atoms with Gasteiger partial charge in [0.05, 0.1) is 11.4 Å². The monoisotopic (exact) mass is 313 g/mol. The zero-order valence-corrected chi connectivity index (χ0v) is 13.2. The molecule has 114 valence electrons. The SMILES string of the molecule is Clc1ccc(-c2ccc3c(c2)NCCC2CNCCN32)cc1. The van der Waals surface area contributed by atoms with Crippen LogP contribution in [0, 0.1) is 0 Å². The average molecular weight is 314 g/mol. The maximum atomic E-state index is 5.99. The molecule has 1 saturated heterocycles. The third-order valence-electron chi connectivity index (χ3n) is 4.63. The normalized spacial score (nSPS) is 20.6. The van der Waals surface area contributed by atoms with Gasteiger partial charge in [0.2, 0.25) is 0 Å². The zero-order valence-electron chi connectivity index (χ0n) is 12.5. The van der Waals surface area contributed by atoms with Gasteiger partial charge in [-0.2, -0.15) is 0 Å². The van der Waals surface area contributed by atoms with E-state index in [1.165, 1.54) is 28.9 Å². The summed E-state index contributed by atoms with van der Waals surface area (Å²) in [5.41, 5.74) is 5.02. The Hall–Kier alpha value is -1.71. The molecular weight excluding hydrogens is 294 g/mol. The van der Waals surface area contributed by atoms with E-state index in [9.17, 15) is 0 Å². The lowest BCUT2D eigenvalue weighted by atomic mass is 10.0. The lowest BCUT2D eigenvalue weighted by Crippen LogP contribution is -2.51. The van der Waals surface area contributed by atoms with Crippen molar-refractivity contribution in [3.05, 3.63) is 47.5 Å². The van der Waals surface area contributed by atoms with E-state index >= 15 is 0 Å². The molecular formula is C18H20ClN3. The molecule has 2 aliphatic rings. The third kappa shape index (κ3) is 2.55. The minimum absolute atomic E-state index is 0.601. The molecule has 0 bridgehead atoms. The van der Waals surface area contributed by atoms with Gasteiger partial charge in [-0.3, -0.25) is 0 Å². The van der Waals surface area contributed by atoms with E-state index in [2.05, 4.69) is 45.9 Å². The highest BCUT2D eigenvalue weighted by Gasteiger charge is 2.26. The Morgan fingerprint density at radius 3 is 2.68 bits per heavy atom. The molecule has 4 heteroatoms. The van der Waals surface area contributed by atoms with Crippen molar-refractivity contribution in [1.29, 1.82) is 0 Å². The van der Waals surface area contributed by atoms with Crippen LogP contribution in [0.5, 0.6) is 0 Å². The second kappa shape index (κ2) is 5.82. The molecule has 2 N–H and O–H groups in total. The molecule has 1 atom stereocenters. The van der Waals surface area contributed by atoms with Crippen LogP contribution < -0.4 is 15.5 Å². The maximum absolute atomic E-state index is 5.99. The number of benzene rings is 2. The van der Waals surface area contributed by atoms with E-state index in [4.69, 9.17) is 11.6 Å². The molecule has 0 saturated carbocycles. The van der Waals surface area contributed by atoms with E-state index in [1.807, 2.05) is 12.1 Å². The summed E-state index contributed by atoms with van der Waals surface area (Å²) >= 11 is 5.99. The largest absolute Gasteiger partial charge is 0.383 e. The molecule has 22 heavy (non-hydrogen) atoms. The number of piperazine rings is 1. The minimum atomic E-state index is 0.601. The van der Waals surface area contributed by atoms with Gasteiger partial charge in [-0.25, -0.2) is 0 Å². The number of fused-ring (bicyclic) bond motifs is 3. The van der Waals surface area contributed by atoms with E-state index in [0.717, 1.165) is 31.2 Å². The number of hydrogen-bond donors (Lipinski definition) is 2. The second-order valence-corrected chi connectivity index (χ2v) is 6.44. The molecule has 2 aliphatic heterocycles. The smallest absolute Gasteiger partial charge is 0.0605 e. The zero-order chi connectivity index (χ0) is 14.9. The highest BCUT2D eigenvalue weighted by atomic mass is 35.5. The van der Waals surface area contributed by atoms with E-state index in [0.29, 0.717) is 6.04 Å². The molecule has 0 spiro atoms. The molecule has 0 amide bonds. The third-order valence-corrected chi connectivity index (χ3v) is 4.88. The lowest BCUT2D eigenvalue weighted by molar-refractivity contribution is 0.466. The van der Waals surface area contributed by atoms with Crippen LogP contribution in [0.3, 0.4) is 0 Å². The molecule has 0 radical (unpaired) electrons. The van der Waals surface area contributed by atoms with Gasteiger partial charge in [0.1, 0.15) is 0 Å². The Morgan fingerprint density at radius 1 is 1.00 bits per heavy atom. The van der Waals surface area contributed by atoms with E-state index in [1.54, 1.807) is 0 Å². The first-order valence-corrected chi connectivity index (χ1v) is 8.30. The van der Waals surface area contributed by atoms with Gasteiger partial charge in [-0.05, 0) is 41.8 Å². The average Bonchev–Trinajstić information content (AvgIpc) is 2.74. The molecule has 2 heterocycles. The van der Waals surface area contributed by atoms with Gasteiger partial charge in [0.25, 0.3) is 0 Å². The summed E-state index contributed by atoms with van der Waals surface area (Å²) in [5, 5.41) is 7.89. The van der Waals surface area contributed by atoms with Crippen LogP contribution in [0.15, 0.2) is 42.5 Å². The summed E-state index contributed by atoms with van der Waals surface area (Å²) in [6, 6.07) is 15.4. The van der Waals surface area contributed by atoms with Crippen molar-refractivity contribution in [2.24, 2.45) is 0 Å². The summed E-state index contributed by atoms with van der Waals surface area (Å²) in [6.45, 7) is 4.26. The first-order valence-electron chi connectivity index (χ1n) is 7.92. The first kappa shape index (κ1) is 13.9. The standard InChI is InChI=1S/C18H20ClN3/c19-15-4-1-13(2-5-15)14-3-6-18-17(11-14)21-8-7-16-12-20-9-10-22(16)18/h1-6,11,16,20-21H,7-10,12H2. The highest BCUT2D eigenvalue weighted by molar-refractivity contribution is 6.30. The fourth-order valence-corrected chi connectivity index (χ4v) is 3.59. The predicted molar refractivity (Wildman–Crippen MR) is 94.0 cm³/mol. The van der Waals surface area contributed by atoms with Crippen LogP contribution >= 0.6 is 11.6 Å². The van der Waals surface area contributed by atoms with Crippen molar-refractivity contribution in [2.45, 2.75) is 12.5 Å². The van der Waals surface area contributed by atoms with Crippen LogP contribution in [0.25, 0.3) is 11.1 Å². The fraction of sp³-hybridized carbons (Fsp3) is 0.333. The lowest BCUT2D eigenvalue weighted by Gasteiger charge is -2.37. The molecule has 4 rings (SSSR count). The summed E-state index contributed by atoms with van der Waals surface area (Å²) < 4.78 is 0. The van der Waals surface area contributed by atoms with Crippen LogP contribution in [0.4, 0.5) is 11.4 Å². The van der Waals surface area contributed by atoms with Crippen molar-refractivity contribution < 1.29 is 0 Å². The topological polar surface area (TPSA) is 27.3 Å². The van der Waals surface area contributed by atoms with Gasteiger partial charge in [0, 0.05) is 37.2 Å². The van der Waals surface area contributed by atoms with Crippen molar-refractivity contribution >= 4 is 23.0 Å². The number of nitrogens with zero attached hydrogens (tertiary/aromatic N) is 1. The van der Waals surface area contributed by atoms with Crippen LogP contribution in [0.2, 0.25) is 5.02 Å². The van der Waals surface area contributed by atoms with Gasteiger partial charge in [0.15, 0.2) is 0 Å². The second-order valence-electron chi connectivity index (χ2n) is 6.01. The molecule has 2 aromatic carbocycles. The van der Waals surface area contributed by atoms with Crippen molar-refractivity contribution in [3.63, 3.8) is 0 Å². The number of nitrogens with one attached hydrogen (secondary N) is 2. The van der Waals surface area contributed by atoms with Crippen molar-refractivity contribution in [1.82, 2.24) is 5.32 Å². The summed E-state index contributed by atoms with van der Waals surface area (Å²) in [6.07, 6.45) is 1.18. The number of halogens is 1. The minimum Gasteiger partial charge on any atom is -0.383 e. The van der Waals surface area contributed by atoms with E-state index in [-0.39, 0.29) is 0 Å². The summed E-state index contributed by atoms with van der Waals surface area (Å²) in [7, 11) is 0. The Kier molecular flexibility index (Phi) is 3.68. The van der Waals surface area contributed by atoms with Gasteiger partial charge in [-0.1, -0.05) is 29.8 Å². The molecule has 0 aromatic heterocycles. The number of anilines is 2. The Balaban J connectivity index is 1.71. The maximum Gasteiger partial charge on any atom is 0.0605 e. The van der Waals surface area contributed by atoms with Crippen LogP contribution in [-0.2, 0) is 0 Å². The summed E-state index contributed by atoms with van der Waals surface area (Å²) in [4.78, 5) is 2.55. The fourth-order valence-electron chi connectivity index (χ4n) is 3.46.